The molecule has 0 bridgehead atoms. The molecule has 1 saturated heterocycles. The molecule has 0 spiro atoms. The van der Waals surface area contributed by atoms with Crippen LogP contribution in [-0.2, 0) is 6.54 Å². The number of aromatic nitrogens is 1. The Kier molecular flexibility index (Phi) is 5.35. The molecule has 130 valence electrons. The summed E-state index contributed by atoms with van der Waals surface area (Å²) in [5.41, 5.74) is 1.25. The number of hydrogen-bond acceptors (Lipinski definition) is 4. The molecule has 7 heteroatoms. The van der Waals surface area contributed by atoms with Crippen LogP contribution in [-0.4, -0.2) is 52.9 Å². The molecule has 0 saturated carbocycles. The van der Waals surface area contributed by atoms with Crippen molar-refractivity contribution in [3.63, 3.8) is 0 Å². The van der Waals surface area contributed by atoms with Crippen LogP contribution in [0.15, 0.2) is 48.7 Å². The Hall–Kier alpha value is -2.80. The topological polar surface area (TPSA) is 65.5 Å². The molecule has 3 rings (SSSR count). The largest absolute Gasteiger partial charge is 0.324 e. The SMILES string of the molecule is O=C(NC(=O)N1CCN(Cc2ccc(F)cc2)CC1)c1ccccn1. The summed E-state index contributed by atoms with van der Waals surface area (Å²) in [6.45, 7) is 3.17. The van der Waals surface area contributed by atoms with Gasteiger partial charge in [-0.3, -0.25) is 20.0 Å². The van der Waals surface area contributed by atoms with Gasteiger partial charge in [0.1, 0.15) is 11.5 Å². The van der Waals surface area contributed by atoms with Crippen LogP contribution in [0, 0.1) is 5.82 Å². The molecular weight excluding hydrogens is 323 g/mol. The van der Waals surface area contributed by atoms with E-state index in [-0.39, 0.29) is 11.5 Å². The van der Waals surface area contributed by atoms with Gasteiger partial charge in [0.25, 0.3) is 5.91 Å². The second-order valence-corrected chi connectivity index (χ2v) is 5.86. The van der Waals surface area contributed by atoms with Crippen molar-refractivity contribution in [3.05, 3.63) is 65.7 Å². The smallest absolute Gasteiger partial charge is 0.322 e. The van der Waals surface area contributed by atoms with Gasteiger partial charge in [-0.15, -0.1) is 0 Å². The first kappa shape index (κ1) is 17.0. The van der Waals surface area contributed by atoms with Crippen LogP contribution in [0.2, 0.25) is 0 Å². The zero-order valence-electron chi connectivity index (χ0n) is 13.7. The molecule has 0 atom stereocenters. The zero-order chi connectivity index (χ0) is 17.6. The number of benzene rings is 1. The number of urea groups is 1. The number of amides is 3. The van der Waals surface area contributed by atoms with Crippen molar-refractivity contribution in [2.45, 2.75) is 6.54 Å². The second kappa shape index (κ2) is 7.85. The number of nitrogens with zero attached hydrogens (tertiary/aromatic N) is 3. The Morgan fingerprint density at radius 3 is 2.40 bits per heavy atom. The monoisotopic (exact) mass is 342 g/mol. The summed E-state index contributed by atoms with van der Waals surface area (Å²) in [5.74, 6) is -0.748. The van der Waals surface area contributed by atoms with E-state index in [2.05, 4.69) is 15.2 Å². The van der Waals surface area contributed by atoms with E-state index >= 15 is 0 Å². The van der Waals surface area contributed by atoms with Crippen molar-refractivity contribution >= 4 is 11.9 Å². The molecule has 1 aromatic carbocycles. The number of halogens is 1. The van der Waals surface area contributed by atoms with Crippen LogP contribution in [0.5, 0.6) is 0 Å². The Morgan fingerprint density at radius 1 is 1.04 bits per heavy atom. The molecular formula is C18H19FN4O2. The predicted octanol–water partition coefficient (Wildman–Crippen LogP) is 1.89. The number of imide groups is 1. The summed E-state index contributed by atoms with van der Waals surface area (Å²) < 4.78 is 12.9. The van der Waals surface area contributed by atoms with Gasteiger partial charge in [-0.2, -0.15) is 0 Å². The molecule has 0 unspecified atom stereocenters. The molecule has 0 radical (unpaired) electrons. The highest BCUT2D eigenvalue weighted by Crippen LogP contribution is 2.10. The van der Waals surface area contributed by atoms with Crippen LogP contribution >= 0.6 is 0 Å². The fourth-order valence-corrected chi connectivity index (χ4v) is 2.69. The highest BCUT2D eigenvalue weighted by Gasteiger charge is 2.23. The van der Waals surface area contributed by atoms with Crippen LogP contribution < -0.4 is 5.32 Å². The van der Waals surface area contributed by atoms with Crippen LogP contribution in [0.1, 0.15) is 16.1 Å². The number of pyridine rings is 1. The number of carbonyl (C=O) groups is 2. The Bertz CT molecular complexity index is 729. The quantitative estimate of drug-likeness (QED) is 0.925. The lowest BCUT2D eigenvalue weighted by atomic mass is 10.2. The van der Waals surface area contributed by atoms with Crippen molar-refractivity contribution < 1.29 is 14.0 Å². The first-order valence-corrected chi connectivity index (χ1v) is 8.10. The summed E-state index contributed by atoms with van der Waals surface area (Å²) >= 11 is 0. The Morgan fingerprint density at radius 2 is 1.76 bits per heavy atom. The normalized spacial score (nSPS) is 15.0. The van der Waals surface area contributed by atoms with E-state index in [0.717, 1.165) is 5.56 Å². The van der Waals surface area contributed by atoms with Gasteiger partial charge in [0.05, 0.1) is 0 Å². The fourth-order valence-electron chi connectivity index (χ4n) is 2.69. The number of piperazine rings is 1. The van der Waals surface area contributed by atoms with Crippen LogP contribution in [0.3, 0.4) is 0 Å². The highest BCUT2D eigenvalue weighted by atomic mass is 19.1. The second-order valence-electron chi connectivity index (χ2n) is 5.86. The maximum atomic E-state index is 12.9. The number of carbonyl (C=O) groups excluding carboxylic acids is 2. The lowest BCUT2D eigenvalue weighted by Crippen LogP contribution is -2.52. The molecule has 25 heavy (non-hydrogen) atoms. The van der Waals surface area contributed by atoms with Crippen LogP contribution in [0.4, 0.5) is 9.18 Å². The number of rotatable bonds is 3. The number of nitrogens with one attached hydrogen (secondary N) is 1. The van der Waals surface area contributed by atoms with Gasteiger partial charge < -0.3 is 4.90 Å². The molecule has 2 heterocycles. The van der Waals surface area contributed by atoms with E-state index in [1.54, 1.807) is 35.2 Å². The van der Waals surface area contributed by atoms with Crippen LogP contribution in [0.25, 0.3) is 0 Å². The highest BCUT2D eigenvalue weighted by molar-refractivity contribution is 6.03. The lowest BCUT2D eigenvalue weighted by molar-refractivity contribution is 0.0928. The van der Waals surface area contributed by atoms with Gasteiger partial charge in [0, 0.05) is 38.9 Å². The van der Waals surface area contributed by atoms with Crippen molar-refractivity contribution in [2.24, 2.45) is 0 Å². The third-order valence-corrected chi connectivity index (χ3v) is 4.10. The summed E-state index contributed by atoms with van der Waals surface area (Å²) in [4.78, 5) is 31.9. The van der Waals surface area contributed by atoms with Crippen molar-refractivity contribution in [1.29, 1.82) is 0 Å². The van der Waals surface area contributed by atoms with Gasteiger partial charge >= 0.3 is 6.03 Å². The molecule has 1 fully saturated rings. The minimum Gasteiger partial charge on any atom is -0.322 e. The van der Waals surface area contributed by atoms with E-state index in [1.807, 2.05) is 0 Å². The van der Waals surface area contributed by atoms with E-state index in [4.69, 9.17) is 0 Å². The summed E-state index contributed by atoms with van der Waals surface area (Å²) in [6, 6.07) is 11.0. The molecule has 3 amide bonds. The average Bonchev–Trinajstić information content (AvgIpc) is 2.65. The molecule has 1 aliphatic rings. The first-order chi connectivity index (χ1) is 12.1. The van der Waals surface area contributed by atoms with E-state index in [9.17, 15) is 14.0 Å². The zero-order valence-corrected chi connectivity index (χ0v) is 13.7. The standard InChI is InChI=1S/C18H19FN4O2/c19-15-6-4-14(5-7-15)13-22-9-11-23(12-10-22)18(25)21-17(24)16-3-1-2-8-20-16/h1-8H,9-13H2,(H,21,24,25). The van der Waals surface area contributed by atoms with E-state index in [1.165, 1.54) is 18.3 Å². The van der Waals surface area contributed by atoms with Crippen molar-refractivity contribution in [2.75, 3.05) is 26.2 Å². The number of hydrogen-bond donors (Lipinski definition) is 1. The lowest BCUT2D eigenvalue weighted by Gasteiger charge is -2.34. The molecule has 6 nitrogen and oxygen atoms in total. The fraction of sp³-hybridized carbons (Fsp3) is 0.278. The van der Waals surface area contributed by atoms with Gasteiger partial charge in [-0.1, -0.05) is 18.2 Å². The molecule has 2 aromatic rings. The summed E-state index contributed by atoms with van der Waals surface area (Å²) in [5, 5.41) is 2.36. The maximum absolute atomic E-state index is 12.9. The maximum Gasteiger partial charge on any atom is 0.324 e. The minimum atomic E-state index is -0.501. The minimum absolute atomic E-state index is 0.214. The van der Waals surface area contributed by atoms with Gasteiger partial charge in [0.15, 0.2) is 0 Å². The third kappa shape index (κ3) is 4.60. The van der Waals surface area contributed by atoms with E-state index in [0.29, 0.717) is 32.7 Å². The molecule has 1 aromatic heterocycles. The van der Waals surface area contributed by atoms with Gasteiger partial charge in [0.2, 0.25) is 0 Å². The predicted molar refractivity (Wildman–Crippen MR) is 90.3 cm³/mol. The molecule has 0 aliphatic carbocycles. The summed E-state index contributed by atoms with van der Waals surface area (Å²) in [7, 11) is 0. The van der Waals surface area contributed by atoms with E-state index < -0.39 is 11.9 Å². The Labute approximate surface area is 145 Å². The third-order valence-electron chi connectivity index (χ3n) is 4.10. The molecule has 1 aliphatic heterocycles. The van der Waals surface area contributed by atoms with Crippen molar-refractivity contribution in [1.82, 2.24) is 20.1 Å². The molecule has 1 N–H and O–H groups in total. The van der Waals surface area contributed by atoms with Gasteiger partial charge in [-0.25, -0.2) is 9.18 Å². The Balaban J connectivity index is 1.47. The summed E-state index contributed by atoms with van der Waals surface area (Å²) in [6.07, 6.45) is 1.51. The average molecular weight is 342 g/mol. The van der Waals surface area contributed by atoms with Crippen molar-refractivity contribution in [3.8, 4) is 0 Å². The van der Waals surface area contributed by atoms with Gasteiger partial charge in [-0.05, 0) is 29.8 Å². The first-order valence-electron chi connectivity index (χ1n) is 8.10.